The average Bonchev–Trinajstić information content (AvgIpc) is 2.19. The predicted molar refractivity (Wildman–Crippen MR) is 56.2 cm³/mol. The molecule has 2 rings (SSSR count). The van der Waals surface area contributed by atoms with E-state index in [9.17, 15) is 4.79 Å². The number of fused-ring (bicyclic) bond motifs is 1. The maximum Gasteiger partial charge on any atom is 0.358 e. The molecule has 0 aliphatic heterocycles. The summed E-state index contributed by atoms with van der Waals surface area (Å²) in [4.78, 5) is 10.8. The molecule has 1 heterocycles. The molecule has 15 heavy (non-hydrogen) atoms. The Morgan fingerprint density at radius 3 is 2.80 bits per heavy atom. The molecule has 0 aliphatic rings. The monoisotopic (exact) mass is 222 g/mol. The van der Waals surface area contributed by atoms with E-state index in [0.29, 0.717) is 10.9 Å². The molecule has 0 radical (unpaired) electrons. The highest BCUT2D eigenvalue weighted by Gasteiger charge is 2.14. The highest BCUT2D eigenvalue weighted by atomic mass is 35.5. The van der Waals surface area contributed by atoms with Gasteiger partial charge in [0.05, 0.1) is 10.5 Å². The summed E-state index contributed by atoms with van der Waals surface area (Å²) in [5.41, 5.74) is 1.37. The molecule has 0 unspecified atom stereocenters. The first-order chi connectivity index (χ1) is 7.09. The summed E-state index contributed by atoms with van der Waals surface area (Å²) < 4.78 is 0. The zero-order valence-corrected chi connectivity index (χ0v) is 8.62. The van der Waals surface area contributed by atoms with Crippen LogP contribution in [0.5, 0.6) is 0 Å². The van der Waals surface area contributed by atoms with Crippen molar-refractivity contribution < 1.29 is 9.90 Å². The van der Waals surface area contributed by atoms with Gasteiger partial charge in [-0.25, -0.2) is 4.79 Å². The van der Waals surface area contributed by atoms with E-state index < -0.39 is 5.97 Å². The molecule has 0 saturated carbocycles. The van der Waals surface area contributed by atoms with Crippen LogP contribution in [0.15, 0.2) is 18.2 Å². The zero-order valence-electron chi connectivity index (χ0n) is 7.86. The van der Waals surface area contributed by atoms with Crippen molar-refractivity contribution in [1.82, 2.24) is 10.2 Å². The van der Waals surface area contributed by atoms with Crippen LogP contribution in [0.1, 0.15) is 16.1 Å². The highest BCUT2D eigenvalue weighted by Crippen LogP contribution is 2.24. The Bertz CT molecular complexity index is 554. The van der Waals surface area contributed by atoms with Gasteiger partial charge in [-0.3, -0.25) is 0 Å². The summed E-state index contributed by atoms with van der Waals surface area (Å²) in [6, 6.07) is 5.42. The first-order valence-corrected chi connectivity index (χ1v) is 4.63. The molecular weight excluding hydrogens is 216 g/mol. The van der Waals surface area contributed by atoms with Gasteiger partial charge in [0.25, 0.3) is 0 Å². The first kappa shape index (κ1) is 9.86. The fourth-order valence-electron chi connectivity index (χ4n) is 1.32. The quantitative estimate of drug-likeness (QED) is 0.804. The van der Waals surface area contributed by atoms with E-state index in [2.05, 4.69) is 10.2 Å². The van der Waals surface area contributed by atoms with E-state index in [1.165, 1.54) is 0 Å². The Labute approximate surface area is 90.5 Å². The second-order valence-corrected chi connectivity index (χ2v) is 3.57. The summed E-state index contributed by atoms with van der Waals surface area (Å²) in [5, 5.41) is 16.9. The summed E-state index contributed by atoms with van der Waals surface area (Å²) in [6.45, 7) is 1.90. The van der Waals surface area contributed by atoms with Crippen molar-refractivity contribution in [2.45, 2.75) is 6.92 Å². The number of carboxylic acid groups (broad SMARTS) is 1. The molecular formula is C10H7ClN2O2. The first-order valence-electron chi connectivity index (χ1n) is 4.25. The maximum absolute atomic E-state index is 10.8. The van der Waals surface area contributed by atoms with Crippen molar-refractivity contribution in [2.75, 3.05) is 0 Å². The number of hydrogen-bond donors (Lipinski definition) is 1. The SMILES string of the molecule is Cc1ccc2nnc(C(=O)O)c(Cl)c2c1. The molecule has 1 aromatic heterocycles. The van der Waals surface area contributed by atoms with Gasteiger partial charge >= 0.3 is 5.97 Å². The van der Waals surface area contributed by atoms with Crippen LogP contribution in [0.3, 0.4) is 0 Å². The number of carboxylic acids is 1. The zero-order chi connectivity index (χ0) is 11.0. The van der Waals surface area contributed by atoms with Crippen molar-refractivity contribution in [2.24, 2.45) is 0 Å². The van der Waals surface area contributed by atoms with E-state index in [0.717, 1.165) is 5.56 Å². The van der Waals surface area contributed by atoms with Crippen molar-refractivity contribution in [3.8, 4) is 0 Å². The number of aryl methyl sites for hydroxylation is 1. The number of rotatable bonds is 1. The molecule has 5 heteroatoms. The maximum atomic E-state index is 10.8. The van der Waals surface area contributed by atoms with E-state index in [4.69, 9.17) is 16.7 Å². The summed E-state index contributed by atoms with van der Waals surface area (Å²) >= 11 is 5.93. The molecule has 0 amide bonds. The Kier molecular flexibility index (Phi) is 2.28. The number of aromatic nitrogens is 2. The van der Waals surface area contributed by atoms with Crippen molar-refractivity contribution in [3.63, 3.8) is 0 Å². The molecule has 0 atom stereocenters. The number of carbonyl (C=O) groups is 1. The minimum absolute atomic E-state index is 0.135. The molecule has 76 valence electrons. The standard InChI is InChI=1S/C10H7ClN2O2/c1-5-2-3-7-6(4-5)8(11)9(10(14)15)13-12-7/h2-4H,1H3,(H,14,15). The Balaban J connectivity index is 2.82. The lowest BCUT2D eigenvalue weighted by Gasteiger charge is -2.02. The summed E-state index contributed by atoms with van der Waals surface area (Å²) in [6.07, 6.45) is 0. The average molecular weight is 223 g/mol. The number of hydrogen-bond acceptors (Lipinski definition) is 3. The lowest BCUT2D eigenvalue weighted by molar-refractivity contribution is 0.0689. The van der Waals surface area contributed by atoms with Gasteiger partial charge in [-0.2, -0.15) is 0 Å². The van der Waals surface area contributed by atoms with Gasteiger partial charge in [0, 0.05) is 5.39 Å². The van der Waals surface area contributed by atoms with Crippen LogP contribution in [0, 0.1) is 6.92 Å². The van der Waals surface area contributed by atoms with Gasteiger partial charge < -0.3 is 5.11 Å². The second kappa shape index (κ2) is 3.47. The van der Waals surface area contributed by atoms with Crippen LogP contribution in [-0.4, -0.2) is 21.3 Å². The van der Waals surface area contributed by atoms with Gasteiger partial charge in [0.1, 0.15) is 0 Å². The molecule has 0 spiro atoms. The number of nitrogens with zero attached hydrogens (tertiary/aromatic N) is 2. The predicted octanol–water partition coefficient (Wildman–Crippen LogP) is 2.29. The van der Waals surface area contributed by atoms with Gasteiger partial charge in [0.15, 0.2) is 5.69 Å². The lowest BCUT2D eigenvalue weighted by atomic mass is 10.1. The van der Waals surface area contributed by atoms with Crippen LogP contribution in [0.25, 0.3) is 10.9 Å². The van der Waals surface area contributed by atoms with Crippen LogP contribution < -0.4 is 0 Å². The van der Waals surface area contributed by atoms with Gasteiger partial charge in [-0.15, -0.1) is 10.2 Å². The largest absolute Gasteiger partial charge is 0.476 e. The van der Waals surface area contributed by atoms with Crippen LogP contribution in [0.2, 0.25) is 5.02 Å². The van der Waals surface area contributed by atoms with Crippen LogP contribution in [0.4, 0.5) is 0 Å². The topological polar surface area (TPSA) is 63.1 Å². The minimum Gasteiger partial charge on any atom is -0.476 e. The minimum atomic E-state index is -1.17. The molecule has 0 fully saturated rings. The summed E-state index contributed by atoms with van der Waals surface area (Å²) in [5.74, 6) is -1.17. The Hall–Kier alpha value is -1.68. The Morgan fingerprint density at radius 2 is 2.13 bits per heavy atom. The van der Waals surface area contributed by atoms with Crippen LogP contribution >= 0.6 is 11.6 Å². The molecule has 1 aromatic carbocycles. The fourth-order valence-corrected chi connectivity index (χ4v) is 1.59. The molecule has 1 N–H and O–H groups in total. The number of benzene rings is 1. The number of aromatic carboxylic acids is 1. The highest BCUT2D eigenvalue weighted by molar-refractivity contribution is 6.37. The molecule has 0 bridgehead atoms. The molecule has 0 aliphatic carbocycles. The van der Waals surface area contributed by atoms with E-state index in [1.807, 2.05) is 13.0 Å². The normalized spacial score (nSPS) is 10.5. The third kappa shape index (κ3) is 1.64. The summed E-state index contributed by atoms with van der Waals surface area (Å²) in [7, 11) is 0. The van der Waals surface area contributed by atoms with Crippen LogP contribution in [-0.2, 0) is 0 Å². The van der Waals surface area contributed by atoms with Gasteiger partial charge in [0.2, 0.25) is 0 Å². The lowest BCUT2D eigenvalue weighted by Crippen LogP contribution is -2.03. The third-order valence-electron chi connectivity index (χ3n) is 2.06. The smallest absolute Gasteiger partial charge is 0.358 e. The fraction of sp³-hybridized carbons (Fsp3) is 0.100. The number of halogens is 1. The van der Waals surface area contributed by atoms with Crippen molar-refractivity contribution in [1.29, 1.82) is 0 Å². The van der Waals surface area contributed by atoms with Gasteiger partial charge in [-0.05, 0) is 19.1 Å². The van der Waals surface area contributed by atoms with Crippen molar-refractivity contribution in [3.05, 3.63) is 34.5 Å². The van der Waals surface area contributed by atoms with E-state index in [-0.39, 0.29) is 10.7 Å². The third-order valence-corrected chi connectivity index (χ3v) is 2.44. The molecule has 0 saturated heterocycles. The van der Waals surface area contributed by atoms with Gasteiger partial charge in [-0.1, -0.05) is 23.2 Å². The Morgan fingerprint density at radius 1 is 1.40 bits per heavy atom. The second-order valence-electron chi connectivity index (χ2n) is 3.19. The van der Waals surface area contributed by atoms with E-state index >= 15 is 0 Å². The molecule has 4 nitrogen and oxygen atoms in total. The van der Waals surface area contributed by atoms with E-state index in [1.54, 1.807) is 12.1 Å². The molecule has 2 aromatic rings. The van der Waals surface area contributed by atoms with Crippen molar-refractivity contribution >= 4 is 28.5 Å².